The van der Waals surface area contributed by atoms with Crippen molar-refractivity contribution in [1.82, 2.24) is 20.2 Å². The molecule has 0 aliphatic carbocycles. The maximum Gasteiger partial charge on any atom is 0.277 e. The van der Waals surface area contributed by atoms with E-state index in [-0.39, 0.29) is 11.5 Å². The van der Waals surface area contributed by atoms with Crippen LogP contribution in [0.3, 0.4) is 0 Å². The monoisotopic (exact) mass is 451 g/mol. The van der Waals surface area contributed by atoms with Gasteiger partial charge < -0.3 is 9.40 Å². The van der Waals surface area contributed by atoms with E-state index >= 15 is 0 Å². The number of hydrogen-bond donors (Lipinski definition) is 1. The van der Waals surface area contributed by atoms with Crippen molar-refractivity contribution in [2.75, 3.05) is 5.75 Å². The zero-order valence-electron chi connectivity index (χ0n) is 17.6. The van der Waals surface area contributed by atoms with Crippen molar-refractivity contribution in [3.8, 4) is 28.9 Å². The smallest absolute Gasteiger partial charge is 0.277 e. The van der Waals surface area contributed by atoms with Crippen molar-refractivity contribution in [3.05, 3.63) is 83.4 Å². The summed E-state index contributed by atoms with van der Waals surface area (Å²) in [6, 6.07) is 22.4. The Bertz CT molecular complexity index is 1490. The summed E-state index contributed by atoms with van der Waals surface area (Å²) in [7, 11) is 0. The Kier molecular flexibility index (Phi) is 5.47. The Hall–Kier alpha value is -4.22. The Balaban J connectivity index is 1.26. The highest BCUT2D eigenvalue weighted by molar-refractivity contribution is 7.99. The SMILES string of the molecule is Cc1ccc2nc(-c3ccc(-c4nnc(SCC(=O)c5ccc(C#N)cc5)o4)cc3)[nH]c2c1. The third kappa shape index (κ3) is 4.40. The molecule has 3 aromatic carbocycles. The number of nitrogens with one attached hydrogen (secondary N) is 1. The number of aromatic amines is 1. The number of hydrogen-bond acceptors (Lipinski definition) is 7. The molecule has 5 aromatic rings. The van der Waals surface area contributed by atoms with Crippen molar-refractivity contribution < 1.29 is 9.21 Å². The minimum Gasteiger partial charge on any atom is -0.411 e. The number of Topliss-reactive ketones (excluding diaryl/α,β-unsaturated/α-hetero) is 1. The van der Waals surface area contributed by atoms with Gasteiger partial charge in [-0.3, -0.25) is 4.79 Å². The Morgan fingerprint density at radius 1 is 1.03 bits per heavy atom. The number of fused-ring (bicyclic) bond motifs is 1. The lowest BCUT2D eigenvalue weighted by atomic mass is 10.1. The molecule has 0 atom stereocenters. The second-order valence-corrected chi connectivity index (χ2v) is 8.38. The van der Waals surface area contributed by atoms with Crippen LogP contribution < -0.4 is 0 Å². The summed E-state index contributed by atoms with van der Waals surface area (Å²) < 4.78 is 5.72. The van der Waals surface area contributed by atoms with E-state index < -0.39 is 0 Å². The molecule has 0 saturated heterocycles. The zero-order chi connectivity index (χ0) is 22.8. The minimum absolute atomic E-state index is 0.0744. The number of carbonyl (C=O) groups is 1. The summed E-state index contributed by atoms with van der Waals surface area (Å²) in [4.78, 5) is 20.3. The van der Waals surface area contributed by atoms with Crippen LogP contribution in [0.2, 0.25) is 0 Å². The number of nitriles is 1. The highest BCUT2D eigenvalue weighted by Crippen LogP contribution is 2.27. The Morgan fingerprint density at radius 3 is 2.55 bits per heavy atom. The molecule has 0 fully saturated rings. The molecule has 0 unspecified atom stereocenters. The molecule has 0 aliphatic heterocycles. The van der Waals surface area contributed by atoms with Gasteiger partial charge in [0.2, 0.25) is 5.89 Å². The first kappa shape index (κ1) is 20.7. The van der Waals surface area contributed by atoms with Crippen LogP contribution in [0, 0.1) is 18.3 Å². The van der Waals surface area contributed by atoms with Gasteiger partial charge in [0.15, 0.2) is 5.78 Å². The highest BCUT2D eigenvalue weighted by Gasteiger charge is 2.13. The molecule has 1 N–H and O–H groups in total. The number of H-pyrrole nitrogens is 1. The molecular weight excluding hydrogens is 434 g/mol. The van der Waals surface area contributed by atoms with Crippen molar-refractivity contribution in [3.63, 3.8) is 0 Å². The van der Waals surface area contributed by atoms with E-state index in [1.54, 1.807) is 24.3 Å². The summed E-state index contributed by atoms with van der Waals surface area (Å²) >= 11 is 1.18. The molecule has 0 bridgehead atoms. The lowest BCUT2D eigenvalue weighted by Gasteiger charge is -1.99. The quantitative estimate of drug-likeness (QED) is 0.271. The fourth-order valence-corrected chi connectivity index (χ4v) is 4.01. The predicted octanol–water partition coefficient (Wildman–Crippen LogP) is 5.44. The average Bonchev–Trinajstić information content (AvgIpc) is 3.49. The molecule has 2 heterocycles. The van der Waals surface area contributed by atoms with Gasteiger partial charge in [-0.2, -0.15) is 5.26 Å². The molecule has 0 saturated carbocycles. The van der Waals surface area contributed by atoms with Crippen molar-refractivity contribution in [2.45, 2.75) is 12.1 Å². The maximum atomic E-state index is 12.3. The van der Waals surface area contributed by atoms with Gasteiger partial charge in [-0.15, -0.1) is 10.2 Å². The molecule has 0 radical (unpaired) electrons. The van der Waals surface area contributed by atoms with Crippen LogP contribution in [0.4, 0.5) is 0 Å². The molecule has 5 rings (SSSR count). The number of carbonyl (C=O) groups excluding carboxylic acids is 1. The van der Waals surface area contributed by atoms with Gasteiger partial charge in [0, 0.05) is 16.7 Å². The summed E-state index contributed by atoms with van der Waals surface area (Å²) in [6.45, 7) is 2.05. The Morgan fingerprint density at radius 2 is 1.79 bits per heavy atom. The van der Waals surface area contributed by atoms with Gasteiger partial charge in [-0.05, 0) is 48.9 Å². The van der Waals surface area contributed by atoms with Gasteiger partial charge in [0.25, 0.3) is 5.22 Å². The number of ketones is 1. The third-order valence-electron chi connectivity index (χ3n) is 5.11. The average molecular weight is 452 g/mol. The lowest BCUT2D eigenvalue weighted by Crippen LogP contribution is -2.02. The largest absolute Gasteiger partial charge is 0.411 e. The van der Waals surface area contributed by atoms with Crippen LogP contribution in [0.25, 0.3) is 33.9 Å². The minimum atomic E-state index is -0.0744. The summed E-state index contributed by atoms with van der Waals surface area (Å²) in [5.74, 6) is 1.27. The van der Waals surface area contributed by atoms with Crippen molar-refractivity contribution in [1.29, 1.82) is 5.26 Å². The summed E-state index contributed by atoms with van der Waals surface area (Å²) in [6.07, 6.45) is 0. The molecule has 0 spiro atoms. The summed E-state index contributed by atoms with van der Waals surface area (Å²) in [5, 5.41) is 17.3. The second kappa shape index (κ2) is 8.73. The number of aryl methyl sites for hydroxylation is 1. The molecule has 8 heteroatoms. The van der Waals surface area contributed by atoms with E-state index in [4.69, 9.17) is 9.68 Å². The van der Waals surface area contributed by atoms with Crippen molar-refractivity contribution >= 4 is 28.6 Å². The molecule has 0 amide bonds. The zero-order valence-corrected chi connectivity index (χ0v) is 18.4. The van der Waals surface area contributed by atoms with Crippen LogP contribution >= 0.6 is 11.8 Å². The molecule has 0 aliphatic rings. The first-order valence-electron chi connectivity index (χ1n) is 10.2. The number of imidazole rings is 1. The maximum absolute atomic E-state index is 12.3. The van der Waals surface area contributed by atoms with E-state index in [1.807, 2.05) is 42.5 Å². The van der Waals surface area contributed by atoms with Crippen LogP contribution in [-0.2, 0) is 0 Å². The molecule has 2 aromatic heterocycles. The number of rotatable bonds is 6. The van der Waals surface area contributed by atoms with E-state index in [0.29, 0.717) is 22.2 Å². The standard InChI is InChI=1S/C25H17N5O2S/c1-15-2-11-20-21(12-15)28-23(27-20)18-7-9-19(10-8-18)24-29-30-25(32-24)33-14-22(31)17-5-3-16(13-26)4-6-17/h2-12H,14H2,1H3,(H,27,28). The van der Waals surface area contributed by atoms with Crippen LogP contribution in [-0.4, -0.2) is 31.7 Å². The first-order valence-corrected chi connectivity index (χ1v) is 11.1. The van der Waals surface area contributed by atoms with Gasteiger partial charge >= 0.3 is 0 Å². The van der Waals surface area contributed by atoms with Gasteiger partial charge in [0.1, 0.15) is 5.82 Å². The third-order valence-corrected chi connectivity index (χ3v) is 5.93. The van der Waals surface area contributed by atoms with Gasteiger partial charge in [0.05, 0.1) is 28.4 Å². The lowest BCUT2D eigenvalue weighted by molar-refractivity contribution is 0.102. The fourth-order valence-electron chi connectivity index (χ4n) is 3.36. The van der Waals surface area contributed by atoms with Crippen LogP contribution in [0.5, 0.6) is 0 Å². The highest BCUT2D eigenvalue weighted by atomic mass is 32.2. The fraction of sp³-hybridized carbons (Fsp3) is 0.0800. The number of nitrogens with zero attached hydrogens (tertiary/aromatic N) is 4. The number of thioether (sulfide) groups is 1. The van der Waals surface area contributed by atoms with E-state index in [0.717, 1.165) is 28.0 Å². The van der Waals surface area contributed by atoms with Gasteiger partial charge in [-0.1, -0.05) is 42.1 Å². The van der Waals surface area contributed by atoms with Gasteiger partial charge in [-0.25, -0.2) is 4.98 Å². The Labute approximate surface area is 193 Å². The van der Waals surface area contributed by atoms with E-state index in [1.165, 1.54) is 17.3 Å². The second-order valence-electron chi connectivity index (χ2n) is 7.46. The molecule has 7 nitrogen and oxygen atoms in total. The van der Waals surface area contributed by atoms with Crippen LogP contribution in [0.15, 0.2) is 76.4 Å². The summed E-state index contributed by atoms with van der Waals surface area (Å²) in [5.41, 5.74) is 5.90. The topological polar surface area (TPSA) is 108 Å². The number of aromatic nitrogens is 4. The van der Waals surface area contributed by atoms with E-state index in [2.05, 4.69) is 33.2 Å². The van der Waals surface area contributed by atoms with Crippen molar-refractivity contribution in [2.24, 2.45) is 0 Å². The van der Waals surface area contributed by atoms with E-state index in [9.17, 15) is 4.79 Å². The molecule has 33 heavy (non-hydrogen) atoms. The first-order chi connectivity index (χ1) is 16.1. The molecular formula is C25H17N5O2S. The predicted molar refractivity (Wildman–Crippen MR) is 126 cm³/mol. The number of benzene rings is 3. The normalized spacial score (nSPS) is 10.9. The molecule has 160 valence electrons. The van der Waals surface area contributed by atoms with Crippen LogP contribution in [0.1, 0.15) is 21.5 Å².